The summed E-state index contributed by atoms with van der Waals surface area (Å²) in [7, 11) is -3.58. The Kier molecular flexibility index (Phi) is 6.33. The summed E-state index contributed by atoms with van der Waals surface area (Å²) in [6.07, 6.45) is 8.30. The standard InChI is InChI=1S/C19H25N3O2S.H2/c1-4-7-8-12-16-17(14-21-19(16)20)15-11-9-10-13-18(15)25(23,24)22(5-2)6-3;/h4,7,9-14H,5-6,8H2,1-3H3,(H2,20,21);1H/b7-4-,16-12+;. The van der Waals surface area contributed by atoms with Crippen LogP contribution in [0.2, 0.25) is 0 Å². The van der Waals surface area contributed by atoms with Crippen molar-refractivity contribution in [1.82, 2.24) is 4.31 Å². The monoisotopic (exact) mass is 361 g/mol. The van der Waals surface area contributed by atoms with Crippen LogP contribution < -0.4 is 5.73 Å². The van der Waals surface area contributed by atoms with Gasteiger partial charge in [-0.3, -0.25) is 0 Å². The molecule has 0 fully saturated rings. The fraction of sp³-hybridized carbons (Fsp3) is 0.316. The number of nitrogens with two attached hydrogens (primary N) is 1. The van der Waals surface area contributed by atoms with Gasteiger partial charge >= 0.3 is 0 Å². The van der Waals surface area contributed by atoms with Gasteiger partial charge in [0.2, 0.25) is 10.0 Å². The van der Waals surface area contributed by atoms with Gasteiger partial charge in [-0.15, -0.1) is 0 Å². The number of amidine groups is 1. The second-order valence-corrected chi connectivity index (χ2v) is 7.47. The first-order chi connectivity index (χ1) is 12.0. The second-order valence-electron chi connectivity index (χ2n) is 5.57. The number of hydrogen-bond donors (Lipinski definition) is 1. The van der Waals surface area contributed by atoms with Gasteiger partial charge < -0.3 is 5.73 Å². The molecule has 0 radical (unpaired) electrons. The molecule has 0 amide bonds. The van der Waals surface area contributed by atoms with Gasteiger partial charge in [-0.1, -0.05) is 50.3 Å². The molecule has 1 aromatic carbocycles. The van der Waals surface area contributed by atoms with Crippen molar-refractivity contribution in [3.05, 3.63) is 59.8 Å². The summed E-state index contributed by atoms with van der Waals surface area (Å²) in [5, 5.41) is 0. The van der Waals surface area contributed by atoms with Crippen LogP contribution in [0.15, 0.2) is 64.2 Å². The molecule has 0 unspecified atom stereocenters. The molecular formula is C19H27N3O2S. The van der Waals surface area contributed by atoms with E-state index >= 15 is 0 Å². The summed E-state index contributed by atoms with van der Waals surface area (Å²) in [5.41, 5.74) is 8.16. The predicted octanol–water partition coefficient (Wildman–Crippen LogP) is 3.57. The van der Waals surface area contributed by atoms with Crippen molar-refractivity contribution >= 4 is 21.4 Å². The smallest absolute Gasteiger partial charge is 0.243 e. The molecule has 2 N–H and O–H groups in total. The van der Waals surface area contributed by atoms with Gasteiger partial charge in [0.25, 0.3) is 0 Å². The quantitative estimate of drug-likeness (QED) is 0.754. The van der Waals surface area contributed by atoms with Gasteiger partial charge in [0.1, 0.15) is 5.84 Å². The van der Waals surface area contributed by atoms with Gasteiger partial charge in [0.05, 0.1) is 4.90 Å². The minimum atomic E-state index is -3.58. The number of benzene rings is 1. The molecule has 1 aliphatic rings. The highest BCUT2D eigenvalue weighted by Crippen LogP contribution is 2.33. The summed E-state index contributed by atoms with van der Waals surface area (Å²) in [5.74, 6) is 0.412. The average molecular weight is 362 g/mol. The van der Waals surface area contributed by atoms with Gasteiger partial charge in [0, 0.05) is 37.4 Å². The molecule has 6 heteroatoms. The van der Waals surface area contributed by atoms with E-state index in [4.69, 9.17) is 5.73 Å². The molecule has 136 valence electrons. The first kappa shape index (κ1) is 19.1. The zero-order chi connectivity index (χ0) is 18.4. The second kappa shape index (κ2) is 8.27. The SMILES string of the molecule is C/C=C\C/C=C1\C(c2ccccc2S(=O)(=O)N(CC)CC)=CN=C1N.[HH]. The number of allylic oxidation sites excluding steroid dienone is 3. The molecule has 0 saturated carbocycles. The van der Waals surface area contributed by atoms with Crippen molar-refractivity contribution in [2.24, 2.45) is 10.7 Å². The maximum Gasteiger partial charge on any atom is 0.243 e. The molecule has 0 saturated heterocycles. The molecule has 25 heavy (non-hydrogen) atoms. The van der Waals surface area contributed by atoms with Crippen molar-refractivity contribution in [2.45, 2.75) is 32.1 Å². The van der Waals surface area contributed by atoms with Crippen LogP contribution in [0.5, 0.6) is 0 Å². The topological polar surface area (TPSA) is 75.8 Å². The highest BCUT2D eigenvalue weighted by molar-refractivity contribution is 7.89. The number of sulfonamides is 1. The van der Waals surface area contributed by atoms with Crippen LogP contribution in [0.1, 0.15) is 34.2 Å². The first-order valence-electron chi connectivity index (χ1n) is 8.42. The number of aliphatic imine (C=N–C) groups is 1. The van der Waals surface area contributed by atoms with E-state index in [0.29, 0.717) is 30.9 Å². The van der Waals surface area contributed by atoms with Crippen molar-refractivity contribution in [2.75, 3.05) is 13.1 Å². The zero-order valence-electron chi connectivity index (χ0n) is 14.9. The summed E-state index contributed by atoms with van der Waals surface area (Å²) in [6.45, 7) is 6.47. The molecule has 1 heterocycles. The largest absolute Gasteiger partial charge is 0.383 e. The Morgan fingerprint density at radius 1 is 1.24 bits per heavy atom. The van der Waals surface area contributed by atoms with Crippen LogP contribution in [-0.2, 0) is 10.0 Å². The highest BCUT2D eigenvalue weighted by Gasteiger charge is 2.28. The number of nitrogens with zero attached hydrogens (tertiary/aromatic N) is 2. The van der Waals surface area contributed by atoms with E-state index in [1.54, 1.807) is 24.4 Å². The first-order valence-corrected chi connectivity index (χ1v) is 9.86. The van der Waals surface area contributed by atoms with E-state index in [2.05, 4.69) is 4.99 Å². The van der Waals surface area contributed by atoms with Crippen molar-refractivity contribution in [1.29, 1.82) is 0 Å². The van der Waals surface area contributed by atoms with Gasteiger partial charge in [-0.05, 0) is 19.4 Å². The Labute approximate surface area is 151 Å². The number of hydrogen-bond acceptors (Lipinski definition) is 4. The lowest BCUT2D eigenvalue weighted by molar-refractivity contribution is 0.445. The van der Waals surface area contributed by atoms with Crippen LogP contribution in [0.25, 0.3) is 5.57 Å². The van der Waals surface area contributed by atoms with E-state index in [9.17, 15) is 8.42 Å². The Balaban J connectivity index is 0.00000338. The Morgan fingerprint density at radius 2 is 1.92 bits per heavy atom. The van der Waals surface area contributed by atoms with E-state index < -0.39 is 10.0 Å². The van der Waals surface area contributed by atoms with Crippen LogP contribution in [0.4, 0.5) is 0 Å². The molecule has 1 aliphatic heterocycles. The molecule has 0 bridgehead atoms. The van der Waals surface area contributed by atoms with E-state index in [1.165, 1.54) is 4.31 Å². The normalized spacial score (nSPS) is 16.7. The third kappa shape index (κ3) is 3.91. The third-order valence-electron chi connectivity index (χ3n) is 4.09. The zero-order valence-corrected chi connectivity index (χ0v) is 15.8. The Bertz CT molecular complexity index is 851. The summed E-state index contributed by atoms with van der Waals surface area (Å²) < 4.78 is 27.5. The Morgan fingerprint density at radius 3 is 2.56 bits per heavy atom. The van der Waals surface area contributed by atoms with Gasteiger partial charge in [-0.25, -0.2) is 13.4 Å². The lowest BCUT2D eigenvalue weighted by Crippen LogP contribution is -2.31. The molecule has 0 spiro atoms. The van der Waals surface area contributed by atoms with Gasteiger partial charge in [-0.2, -0.15) is 4.31 Å². The fourth-order valence-electron chi connectivity index (χ4n) is 2.78. The maximum atomic E-state index is 13.0. The summed E-state index contributed by atoms with van der Waals surface area (Å²) in [4.78, 5) is 4.48. The molecule has 5 nitrogen and oxygen atoms in total. The molecular weight excluding hydrogens is 334 g/mol. The van der Waals surface area contributed by atoms with E-state index in [0.717, 1.165) is 11.1 Å². The minimum absolute atomic E-state index is 0. The fourth-order valence-corrected chi connectivity index (χ4v) is 4.44. The predicted molar refractivity (Wildman–Crippen MR) is 106 cm³/mol. The average Bonchev–Trinajstić information content (AvgIpc) is 2.97. The van der Waals surface area contributed by atoms with E-state index in [-0.39, 0.29) is 6.32 Å². The van der Waals surface area contributed by atoms with Crippen LogP contribution >= 0.6 is 0 Å². The van der Waals surface area contributed by atoms with E-state index in [1.807, 2.05) is 45.1 Å². The van der Waals surface area contributed by atoms with Gasteiger partial charge in [0.15, 0.2) is 0 Å². The summed E-state index contributed by atoms with van der Waals surface area (Å²) >= 11 is 0. The molecule has 1 aromatic rings. The Hall–Kier alpha value is -2.18. The lowest BCUT2D eigenvalue weighted by atomic mass is 9.98. The third-order valence-corrected chi connectivity index (χ3v) is 6.20. The molecule has 2 rings (SSSR count). The van der Waals surface area contributed by atoms with Crippen LogP contribution in [0, 0.1) is 0 Å². The number of rotatable bonds is 7. The molecule has 0 atom stereocenters. The molecule has 0 aromatic heterocycles. The molecule has 0 aliphatic carbocycles. The minimum Gasteiger partial charge on any atom is -0.383 e. The van der Waals surface area contributed by atoms with Crippen LogP contribution in [-0.4, -0.2) is 31.6 Å². The highest BCUT2D eigenvalue weighted by atomic mass is 32.2. The van der Waals surface area contributed by atoms with Crippen molar-refractivity contribution < 1.29 is 9.84 Å². The van der Waals surface area contributed by atoms with Crippen LogP contribution in [0.3, 0.4) is 0 Å². The van der Waals surface area contributed by atoms with Crippen molar-refractivity contribution in [3.8, 4) is 0 Å². The summed E-state index contributed by atoms with van der Waals surface area (Å²) in [6, 6.07) is 7.01. The van der Waals surface area contributed by atoms with Crippen molar-refractivity contribution in [3.63, 3.8) is 0 Å². The lowest BCUT2D eigenvalue weighted by Gasteiger charge is -2.21. The maximum absolute atomic E-state index is 13.0.